The van der Waals surface area contributed by atoms with Crippen molar-refractivity contribution >= 4 is 0 Å². The molecule has 1 aliphatic rings. The fourth-order valence-corrected chi connectivity index (χ4v) is 2.38. The van der Waals surface area contributed by atoms with E-state index in [2.05, 4.69) is 31.0 Å². The minimum Gasteiger partial charge on any atom is -0.371 e. The summed E-state index contributed by atoms with van der Waals surface area (Å²) in [7, 11) is 0. The van der Waals surface area contributed by atoms with Gasteiger partial charge in [0.25, 0.3) is 0 Å². The molecule has 0 bridgehead atoms. The van der Waals surface area contributed by atoms with Gasteiger partial charge in [0.2, 0.25) is 0 Å². The number of nitrogens with zero attached hydrogens (tertiary/aromatic N) is 1. The molecule has 1 saturated heterocycles. The Kier molecular flexibility index (Phi) is 6.08. The molecule has 1 unspecified atom stereocenters. The summed E-state index contributed by atoms with van der Waals surface area (Å²) in [5.41, 5.74) is -0.0359. The van der Waals surface area contributed by atoms with Gasteiger partial charge in [0.15, 0.2) is 0 Å². The summed E-state index contributed by atoms with van der Waals surface area (Å²) in [5.74, 6) is 0. The Balaban J connectivity index is 2.35. The van der Waals surface area contributed by atoms with E-state index in [-0.39, 0.29) is 12.1 Å². The molecule has 0 saturated carbocycles. The predicted octanol–water partition coefficient (Wildman–Crippen LogP) is 2.42. The Bertz CT molecular complexity index is 269. The Hall–Kier alpha value is -0.330. The standard InChI is InChI=1S/C13H25F3N2O/c1-4-5-11-8-18(12(2,3)9-17-11)6-7-19-10-13(14,15)16/h11,17H,4-10H2,1-3H3. The largest absolute Gasteiger partial charge is 0.411 e. The lowest BCUT2D eigenvalue weighted by Crippen LogP contribution is -2.62. The van der Waals surface area contributed by atoms with Crippen molar-refractivity contribution in [2.75, 3.05) is 32.8 Å². The fourth-order valence-electron chi connectivity index (χ4n) is 2.38. The molecule has 0 radical (unpaired) electrons. The van der Waals surface area contributed by atoms with E-state index >= 15 is 0 Å². The predicted molar refractivity (Wildman–Crippen MR) is 69.2 cm³/mol. The van der Waals surface area contributed by atoms with Crippen molar-refractivity contribution in [3.05, 3.63) is 0 Å². The number of halogens is 3. The third-order valence-corrected chi connectivity index (χ3v) is 3.53. The molecule has 0 aromatic carbocycles. The van der Waals surface area contributed by atoms with Crippen molar-refractivity contribution in [1.29, 1.82) is 0 Å². The molecular weight excluding hydrogens is 257 g/mol. The summed E-state index contributed by atoms with van der Waals surface area (Å²) in [6.45, 7) is 7.59. The molecule has 1 atom stereocenters. The molecule has 1 N–H and O–H groups in total. The van der Waals surface area contributed by atoms with E-state index < -0.39 is 12.8 Å². The Morgan fingerprint density at radius 3 is 2.63 bits per heavy atom. The van der Waals surface area contributed by atoms with Crippen LogP contribution >= 0.6 is 0 Å². The minimum absolute atomic E-state index is 0.0359. The number of hydrogen-bond acceptors (Lipinski definition) is 3. The molecule has 3 nitrogen and oxygen atoms in total. The average Bonchev–Trinajstić information content (AvgIpc) is 2.27. The van der Waals surface area contributed by atoms with Gasteiger partial charge in [-0.3, -0.25) is 4.90 Å². The van der Waals surface area contributed by atoms with Crippen LogP contribution in [0.4, 0.5) is 13.2 Å². The number of nitrogens with one attached hydrogen (secondary N) is 1. The minimum atomic E-state index is -4.23. The molecule has 0 aliphatic carbocycles. The second-order valence-corrected chi connectivity index (χ2v) is 5.79. The van der Waals surface area contributed by atoms with E-state index in [0.717, 1.165) is 25.9 Å². The molecule has 114 valence electrons. The van der Waals surface area contributed by atoms with Crippen LogP contribution in [0.2, 0.25) is 0 Å². The van der Waals surface area contributed by atoms with Gasteiger partial charge in [-0.15, -0.1) is 0 Å². The molecule has 0 aromatic heterocycles. The van der Waals surface area contributed by atoms with Crippen molar-refractivity contribution in [1.82, 2.24) is 10.2 Å². The quantitative estimate of drug-likeness (QED) is 0.757. The number of ether oxygens (including phenoxy) is 1. The Labute approximate surface area is 113 Å². The zero-order valence-corrected chi connectivity index (χ0v) is 12.0. The molecule has 6 heteroatoms. The van der Waals surface area contributed by atoms with E-state index in [1.807, 2.05) is 0 Å². The highest BCUT2D eigenvalue weighted by atomic mass is 19.4. The zero-order chi connectivity index (χ0) is 14.5. The lowest BCUT2D eigenvalue weighted by molar-refractivity contribution is -0.175. The van der Waals surface area contributed by atoms with Gasteiger partial charge in [-0.05, 0) is 20.3 Å². The van der Waals surface area contributed by atoms with Crippen LogP contribution in [0.5, 0.6) is 0 Å². The van der Waals surface area contributed by atoms with Crippen LogP contribution in [0.1, 0.15) is 33.6 Å². The second kappa shape index (κ2) is 6.90. The molecule has 1 heterocycles. The van der Waals surface area contributed by atoms with E-state index in [4.69, 9.17) is 4.74 Å². The fraction of sp³-hybridized carbons (Fsp3) is 1.00. The van der Waals surface area contributed by atoms with Crippen molar-refractivity contribution in [2.24, 2.45) is 0 Å². The second-order valence-electron chi connectivity index (χ2n) is 5.79. The average molecular weight is 282 g/mol. The normalized spacial score (nSPS) is 24.6. The molecule has 1 rings (SSSR count). The summed E-state index contributed by atoms with van der Waals surface area (Å²) in [6, 6.07) is 0.431. The molecule has 0 spiro atoms. The molecular formula is C13H25F3N2O. The van der Waals surface area contributed by atoms with Crippen LogP contribution in [-0.2, 0) is 4.74 Å². The van der Waals surface area contributed by atoms with Crippen LogP contribution in [0.25, 0.3) is 0 Å². The summed E-state index contributed by atoms with van der Waals surface area (Å²) in [5, 5.41) is 3.49. The summed E-state index contributed by atoms with van der Waals surface area (Å²) in [6.07, 6.45) is -2.03. The Morgan fingerprint density at radius 1 is 1.37 bits per heavy atom. The van der Waals surface area contributed by atoms with Gasteiger partial charge >= 0.3 is 6.18 Å². The summed E-state index contributed by atoms with van der Waals surface area (Å²) in [4.78, 5) is 2.22. The van der Waals surface area contributed by atoms with E-state index in [9.17, 15) is 13.2 Å². The first-order chi connectivity index (χ1) is 8.74. The van der Waals surface area contributed by atoms with Gasteiger partial charge in [0, 0.05) is 31.2 Å². The monoisotopic (exact) mass is 282 g/mol. The van der Waals surface area contributed by atoms with Crippen molar-refractivity contribution in [3.63, 3.8) is 0 Å². The third kappa shape index (κ3) is 6.10. The van der Waals surface area contributed by atoms with Crippen molar-refractivity contribution in [2.45, 2.75) is 51.4 Å². The van der Waals surface area contributed by atoms with Gasteiger partial charge in [0.05, 0.1) is 6.61 Å². The van der Waals surface area contributed by atoms with Gasteiger partial charge in [0.1, 0.15) is 6.61 Å². The van der Waals surface area contributed by atoms with E-state index in [1.54, 1.807) is 0 Å². The maximum atomic E-state index is 12.0. The van der Waals surface area contributed by atoms with Crippen LogP contribution in [0.3, 0.4) is 0 Å². The van der Waals surface area contributed by atoms with Crippen LogP contribution in [-0.4, -0.2) is 55.5 Å². The molecule has 1 aliphatic heterocycles. The highest BCUT2D eigenvalue weighted by Crippen LogP contribution is 2.20. The molecule has 0 amide bonds. The topological polar surface area (TPSA) is 24.5 Å². The van der Waals surface area contributed by atoms with E-state index in [0.29, 0.717) is 12.6 Å². The highest BCUT2D eigenvalue weighted by molar-refractivity contribution is 4.92. The van der Waals surface area contributed by atoms with Gasteiger partial charge in [-0.1, -0.05) is 13.3 Å². The number of hydrogen-bond donors (Lipinski definition) is 1. The summed E-state index contributed by atoms with van der Waals surface area (Å²) < 4.78 is 40.7. The van der Waals surface area contributed by atoms with Crippen LogP contribution in [0.15, 0.2) is 0 Å². The number of piperazine rings is 1. The lowest BCUT2D eigenvalue weighted by Gasteiger charge is -2.46. The first-order valence-electron chi connectivity index (χ1n) is 6.87. The SMILES string of the molecule is CCCC1CN(CCOCC(F)(F)F)C(C)(C)CN1. The van der Waals surface area contributed by atoms with Gasteiger partial charge in [-0.25, -0.2) is 0 Å². The maximum absolute atomic E-state index is 12.0. The van der Waals surface area contributed by atoms with E-state index in [1.165, 1.54) is 0 Å². The van der Waals surface area contributed by atoms with Gasteiger partial charge in [-0.2, -0.15) is 13.2 Å². The lowest BCUT2D eigenvalue weighted by atomic mass is 9.96. The summed E-state index contributed by atoms with van der Waals surface area (Å²) >= 11 is 0. The first-order valence-corrected chi connectivity index (χ1v) is 6.87. The molecule has 19 heavy (non-hydrogen) atoms. The van der Waals surface area contributed by atoms with Crippen molar-refractivity contribution < 1.29 is 17.9 Å². The number of rotatable bonds is 6. The Morgan fingerprint density at radius 2 is 2.05 bits per heavy atom. The maximum Gasteiger partial charge on any atom is 0.411 e. The third-order valence-electron chi connectivity index (χ3n) is 3.53. The highest BCUT2D eigenvalue weighted by Gasteiger charge is 2.33. The van der Waals surface area contributed by atoms with Crippen molar-refractivity contribution in [3.8, 4) is 0 Å². The first kappa shape index (κ1) is 16.7. The molecule has 0 aromatic rings. The van der Waals surface area contributed by atoms with Crippen LogP contribution < -0.4 is 5.32 Å². The smallest absolute Gasteiger partial charge is 0.371 e. The van der Waals surface area contributed by atoms with Gasteiger partial charge < -0.3 is 10.1 Å². The zero-order valence-electron chi connectivity index (χ0n) is 12.0. The molecule has 1 fully saturated rings. The number of alkyl halides is 3. The van der Waals surface area contributed by atoms with Crippen LogP contribution in [0, 0.1) is 0 Å².